The highest BCUT2D eigenvalue weighted by Crippen LogP contribution is 2.26. The Hall–Kier alpha value is -2.04. The second-order valence-corrected chi connectivity index (χ2v) is 3.36. The molecule has 1 N–H and O–H groups in total. The van der Waals surface area contributed by atoms with Crippen LogP contribution in [-0.4, -0.2) is 27.8 Å². The molecule has 5 heteroatoms. The second-order valence-electron chi connectivity index (χ2n) is 3.36. The lowest BCUT2D eigenvalue weighted by Gasteiger charge is -2.10. The van der Waals surface area contributed by atoms with Gasteiger partial charge in [0.25, 0.3) is 0 Å². The van der Waals surface area contributed by atoms with E-state index in [2.05, 4.69) is 4.98 Å². The number of amides is 1. The van der Waals surface area contributed by atoms with Gasteiger partial charge in [-0.3, -0.25) is 9.88 Å². The first-order valence-electron chi connectivity index (χ1n) is 4.47. The minimum absolute atomic E-state index is 0.669. The number of anilines is 1. The topological polar surface area (TPSA) is 58.4 Å². The van der Waals surface area contributed by atoms with Crippen LogP contribution in [0.15, 0.2) is 24.7 Å². The number of fused-ring (bicyclic) bond motifs is 1. The highest BCUT2D eigenvalue weighted by Gasteiger charge is 2.14. The number of hydrogen-bond acceptors (Lipinski definition) is 2. The minimum Gasteiger partial charge on any atom is -0.465 e. The molecule has 0 aliphatic rings. The lowest BCUT2D eigenvalue weighted by Crippen LogP contribution is -2.23. The first kappa shape index (κ1) is 9.51. The van der Waals surface area contributed by atoms with Gasteiger partial charge in [-0.1, -0.05) is 0 Å². The lowest BCUT2D eigenvalue weighted by molar-refractivity contribution is 0.203. The summed E-state index contributed by atoms with van der Waals surface area (Å²) in [6.07, 6.45) is 4.18. The fraction of sp³-hybridized carbons (Fsp3) is 0.200. The molecule has 2 heterocycles. The van der Waals surface area contributed by atoms with Crippen LogP contribution in [0.5, 0.6) is 0 Å². The molecule has 0 unspecified atom stereocenters. The van der Waals surface area contributed by atoms with E-state index in [9.17, 15) is 4.79 Å². The quantitative estimate of drug-likeness (QED) is 0.770. The summed E-state index contributed by atoms with van der Waals surface area (Å²) in [5.41, 5.74) is 1.59. The SMILES string of the molecule is CN(C(=O)O)c1cn(C)c2cnccc12. The number of nitrogens with zero attached hydrogens (tertiary/aromatic N) is 3. The molecule has 15 heavy (non-hydrogen) atoms. The van der Waals surface area contributed by atoms with Crippen molar-refractivity contribution in [1.82, 2.24) is 9.55 Å². The number of aryl methyl sites for hydroxylation is 1. The zero-order chi connectivity index (χ0) is 11.0. The highest BCUT2D eigenvalue weighted by atomic mass is 16.4. The molecule has 78 valence electrons. The summed E-state index contributed by atoms with van der Waals surface area (Å²) in [5, 5.41) is 9.79. The molecule has 0 fully saturated rings. The third kappa shape index (κ3) is 1.41. The third-order valence-electron chi connectivity index (χ3n) is 2.42. The molecule has 0 spiro atoms. The molecule has 5 nitrogen and oxygen atoms in total. The van der Waals surface area contributed by atoms with E-state index in [0.29, 0.717) is 5.69 Å². The molecule has 1 amide bonds. The monoisotopic (exact) mass is 205 g/mol. The van der Waals surface area contributed by atoms with E-state index in [-0.39, 0.29) is 0 Å². The van der Waals surface area contributed by atoms with Crippen LogP contribution in [0, 0.1) is 0 Å². The molecule has 0 bridgehead atoms. The van der Waals surface area contributed by atoms with E-state index in [0.717, 1.165) is 10.9 Å². The summed E-state index contributed by atoms with van der Waals surface area (Å²) < 4.78 is 1.86. The van der Waals surface area contributed by atoms with E-state index in [4.69, 9.17) is 5.11 Å². The Morgan fingerprint density at radius 1 is 1.60 bits per heavy atom. The molecule has 0 saturated carbocycles. The predicted octanol–water partition coefficient (Wildman–Crippen LogP) is 1.69. The molecule has 0 aliphatic carbocycles. The van der Waals surface area contributed by atoms with Crippen molar-refractivity contribution in [3.05, 3.63) is 24.7 Å². The van der Waals surface area contributed by atoms with Gasteiger partial charge < -0.3 is 9.67 Å². The third-order valence-corrected chi connectivity index (χ3v) is 2.42. The molecule has 0 atom stereocenters. The van der Waals surface area contributed by atoms with Crippen molar-refractivity contribution in [2.75, 3.05) is 11.9 Å². The Bertz CT molecular complexity index is 518. The zero-order valence-corrected chi connectivity index (χ0v) is 8.51. The van der Waals surface area contributed by atoms with Crippen LogP contribution < -0.4 is 4.90 Å². The van der Waals surface area contributed by atoms with Crippen LogP contribution in [0.4, 0.5) is 10.5 Å². The van der Waals surface area contributed by atoms with Crippen LogP contribution >= 0.6 is 0 Å². The van der Waals surface area contributed by atoms with Gasteiger partial charge in [0.2, 0.25) is 0 Å². The van der Waals surface area contributed by atoms with Gasteiger partial charge in [-0.2, -0.15) is 0 Å². The standard InChI is InChI=1S/C10H11N3O2/c1-12-6-9(13(2)10(14)15)7-3-4-11-5-8(7)12/h3-6H,1-2H3,(H,14,15). The summed E-state index contributed by atoms with van der Waals surface area (Å²) in [6.45, 7) is 0. The minimum atomic E-state index is -0.973. The maximum Gasteiger partial charge on any atom is 0.411 e. The molecular weight excluding hydrogens is 194 g/mol. The number of rotatable bonds is 1. The van der Waals surface area contributed by atoms with Crippen molar-refractivity contribution in [2.24, 2.45) is 7.05 Å². The highest BCUT2D eigenvalue weighted by molar-refractivity contribution is 6.00. The Morgan fingerprint density at radius 3 is 3.00 bits per heavy atom. The number of hydrogen-bond donors (Lipinski definition) is 1. The van der Waals surface area contributed by atoms with Crippen LogP contribution in [0.1, 0.15) is 0 Å². The number of carbonyl (C=O) groups is 1. The molecule has 2 aromatic rings. The molecule has 2 rings (SSSR count). The van der Waals surface area contributed by atoms with Gasteiger partial charge in [0.05, 0.1) is 17.4 Å². The van der Waals surface area contributed by atoms with Crippen molar-refractivity contribution in [1.29, 1.82) is 0 Å². The van der Waals surface area contributed by atoms with Gasteiger partial charge in [-0.25, -0.2) is 4.79 Å². The average Bonchev–Trinajstić information content (AvgIpc) is 2.56. The Balaban J connectivity index is 2.67. The van der Waals surface area contributed by atoms with E-state index in [1.165, 1.54) is 11.9 Å². The van der Waals surface area contributed by atoms with Crippen LogP contribution in [0.3, 0.4) is 0 Å². The Morgan fingerprint density at radius 2 is 2.33 bits per heavy atom. The largest absolute Gasteiger partial charge is 0.465 e. The summed E-state index contributed by atoms with van der Waals surface area (Å²) >= 11 is 0. The predicted molar refractivity (Wildman–Crippen MR) is 57.1 cm³/mol. The first-order chi connectivity index (χ1) is 7.11. The number of carboxylic acid groups (broad SMARTS) is 1. The second kappa shape index (κ2) is 3.27. The van der Waals surface area contributed by atoms with E-state index in [1.807, 2.05) is 17.7 Å². The van der Waals surface area contributed by atoms with Gasteiger partial charge in [-0.05, 0) is 6.07 Å². The molecule has 2 aromatic heterocycles. The van der Waals surface area contributed by atoms with Crippen molar-refractivity contribution in [3.63, 3.8) is 0 Å². The molecule has 0 saturated heterocycles. The van der Waals surface area contributed by atoms with Gasteiger partial charge in [-0.15, -0.1) is 0 Å². The van der Waals surface area contributed by atoms with Gasteiger partial charge >= 0.3 is 6.09 Å². The molecule has 0 aromatic carbocycles. The maximum atomic E-state index is 10.9. The summed E-state index contributed by atoms with van der Waals surface area (Å²) in [6, 6.07) is 1.81. The van der Waals surface area contributed by atoms with Gasteiger partial charge in [0, 0.05) is 31.9 Å². The van der Waals surface area contributed by atoms with Crippen LogP contribution in [0.25, 0.3) is 10.9 Å². The van der Waals surface area contributed by atoms with E-state index in [1.54, 1.807) is 18.6 Å². The maximum absolute atomic E-state index is 10.9. The summed E-state index contributed by atoms with van der Waals surface area (Å²) in [7, 11) is 3.39. The zero-order valence-electron chi connectivity index (χ0n) is 8.51. The van der Waals surface area contributed by atoms with Crippen molar-refractivity contribution >= 4 is 22.7 Å². The van der Waals surface area contributed by atoms with Crippen LogP contribution in [-0.2, 0) is 7.05 Å². The average molecular weight is 205 g/mol. The van der Waals surface area contributed by atoms with Crippen molar-refractivity contribution in [3.8, 4) is 0 Å². The number of pyridine rings is 1. The van der Waals surface area contributed by atoms with E-state index >= 15 is 0 Å². The van der Waals surface area contributed by atoms with Crippen molar-refractivity contribution in [2.45, 2.75) is 0 Å². The lowest BCUT2D eigenvalue weighted by atomic mass is 10.3. The first-order valence-corrected chi connectivity index (χ1v) is 4.47. The smallest absolute Gasteiger partial charge is 0.411 e. The Labute approximate surface area is 86.6 Å². The fourth-order valence-electron chi connectivity index (χ4n) is 1.58. The number of aromatic nitrogens is 2. The van der Waals surface area contributed by atoms with Gasteiger partial charge in [0.15, 0.2) is 0 Å². The Kier molecular flexibility index (Phi) is 2.07. The van der Waals surface area contributed by atoms with Crippen LogP contribution in [0.2, 0.25) is 0 Å². The molecular formula is C10H11N3O2. The summed E-state index contributed by atoms with van der Waals surface area (Å²) in [5.74, 6) is 0. The fourth-order valence-corrected chi connectivity index (χ4v) is 1.58. The van der Waals surface area contributed by atoms with Crippen molar-refractivity contribution < 1.29 is 9.90 Å². The van der Waals surface area contributed by atoms with Gasteiger partial charge in [0.1, 0.15) is 0 Å². The normalized spacial score (nSPS) is 10.5. The van der Waals surface area contributed by atoms with E-state index < -0.39 is 6.09 Å². The molecule has 0 aliphatic heterocycles. The molecule has 0 radical (unpaired) electrons. The summed E-state index contributed by atoms with van der Waals surface area (Å²) in [4.78, 5) is 16.1.